The second kappa shape index (κ2) is 9.11. The smallest absolute Gasteiger partial charge is 0.302 e. The summed E-state index contributed by atoms with van der Waals surface area (Å²) in [5.41, 5.74) is 0. The Morgan fingerprint density at radius 3 is 2.44 bits per heavy atom. The van der Waals surface area contributed by atoms with Crippen LogP contribution in [0.1, 0.15) is 26.7 Å². The van der Waals surface area contributed by atoms with E-state index < -0.39 is 0 Å². The van der Waals surface area contributed by atoms with Gasteiger partial charge in [0.2, 0.25) is 0 Å². The molecule has 49 valence electrons. The molecule has 0 N–H and O–H groups in total. The molecular formula is C6H12KO2. The average Bonchev–Trinajstić information content (AvgIpc) is 1.66. The van der Waals surface area contributed by atoms with Crippen LogP contribution in [0.3, 0.4) is 0 Å². The molecule has 0 aliphatic heterocycles. The zero-order chi connectivity index (χ0) is 6.41. The fourth-order valence-corrected chi connectivity index (χ4v) is 0.360. The maximum Gasteiger partial charge on any atom is 0.302 e. The summed E-state index contributed by atoms with van der Waals surface area (Å²) in [4.78, 5) is 10.1. The molecule has 0 aromatic rings. The summed E-state index contributed by atoms with van der Waals surface area (Å²) in [6.07, 6.45) is 2.05. The first-order chi connectivity index (χ1) is 3.77. The van der Waals surface area contributed by atoms with Gasteiger partial charge in [0.15, 0.2) is 0 Å². The van der Waals surface area contributed by atoms with E-state index in [1.807, 2.05) is 0 Å². The number of esters is 1. The fourth-order valence-electron chi connectivity index (χ4n) is 0.360. The van der Waals surface area contributed by atoms with Gasteiger partial charge in [-0.1, -0.05) is 13.3 Å². The maximum absolute atomic E-state index is 10.1. The van der Waals surface area contributed by atoms with Crippen LogP contribution in [0.2, 0.25) is 0 Å². The molecule has 0 atom stereocenters. The number of carbonyl (C=O) groups is 1. The van der Waals surface area contributed by atoms with Gasteiger partial charge in [-0.25, -0.2) is 0 Å². The number of hydrogen-bond donors (Lipinski definition) is 0. The monoisotopic (exact) mass is 155 g/mol. The van der Waals surface area contributed by atoms with Crippen molar-refractivity contribution in [1.29, 1.82) is 0 Å². The molecule has 0 unspecified atom stereocenters. The van der Waals surface area contributed by atoms with Gasteiger partial charge in [-0.05, 0) is 6.42 Å². The molecule has 0 rings (SSSR count). The van der Waals surface area contributed by atoms with Crippen LogP contribution >= 0.6 is 0 Å². The summed E-state index contributed by atoms with van der Waals surface area (Å²) >= 11 is 0. The van der Waals surface area contributed by atoms with Gasteiger partial charge in [0.05, 0.1) is 6.61 Å². The molecule has 0 amide bonds. The van der Waals surface area contributed by atoms with Gasteiger partial charge in [0.25, 0.3) is 0 Å². The zero-order valence-corrected chi connectivity index (χ0v) is 9.56. The van der Waals surface area contributed by atoms with E-state index in [-0.39, 0.29) is 57.4 Å². The van der Waals surface area contributed by atoms with E-state index in [2.05, 4.69) is 11.7 Å². The van der Waals surface area contributed by atoms with Crippen LogP contribution in [0.25, 0.3) is 0 Å². The second-order valence-corrected chi connectivity index (χ2v) is 1.69. The van der Waals surface area contributed by atoms with Gasteiger partial charge in [-0.3, -0.25) is 4.79 Å². The largest absolute Gasteiger partial charge is 0.466 e. The summed E-state index contributed by atoms with van der Waals surface area (Å²) in [6, 6.07) is 0. The number of unbranched alkanes of at least 4 members (excludes halogenated alkanes) is 1. The van der Waals surface area contributed by atoms with Crippen molar-refractivity contribution >= 4 is 57.4 Å². The SMILES string of the molecule is CCCCOC(C)=O.[K]. The third kappa shape index (κ3) is 12.3. The first-order valence-electron chi connectivity index (χ1n) is 2.90. The minimum Gasteiger partial charge on any atom is -0.466 e. The van der Waals surface area contributed by atoms with E-state index >= 15 is 0 Å². The van der Waals surface area contributed by atoms with Crippen molar-refractivity contribution < 1.29 is 9.53 Å². The number of rotatable bonds is 3. The second-order valence-electron chi connectivity index (χ2n) is 1.69. The van der Waals surface area contributed by atoms with Gasteiger partial charge >= 0.3 is 5.97 Å². The van der Waals surface area contributed by atoms with Crippen LogP contribution in [-0.4, -0.2) is 64.0 Å². The Bertz CT molecular complexity index is 73.5. The van der Waals surface area contributed by atoms with Gasteiger partial charge < -0.3 is 4.74 Å². The summed E-state index contributed by atoms with van der Waals surface area (Å²) in [5.74, 6) is -0.182. The van der Waals surface area contributed by atoms with Crippen molar-refractivity contribution in [3.05, 3.63) is 0 Å². The van der Waals surface area contributed by atoms with Crippen LogP contribution in [0.4, 0.5) is 0 Å². The molecule has 0 fully saturated rings. The third-order valence-electron chi connectivity index (χ3n) is 0.803. The van der Waals surface area contributed by atoms with Crippen LogP contribution in [0.15, 0.2) is 0 Å². The van der Waals surface area contributed by atoms with Crippen LogP contribution in [0, 0.1) is 0 Å². The van der Waals surface area contributed by atoms with Crippen LogP contribution < -0.4 is 0 Å². The molecule has 0 heterocycles. The third-order valence-corrected chi connectivity index (χ3v) is 0.803. The summed E-state index contributed by atoms with van der Waals surface area (Å²) in [5, 5.41) is 0. The van der Waals surface area contributed by atoms with E-state index in [4.69, 9.17) is 0 Å². The standard InChI is InChI=1S/C6H12O2.K/c1-3-4-5-8-6(2)7;/h3-5H2,1-2H3;. The minimum atomic E-state index is -0.182. The first kappa shape index (κ1) is 12.8. The minimum absolute atomic E-state index is 0. The molecule has 0 saturated carbocycles. The van der Waals surface area contributed by atoms with Crippen molar-refractivity contribution in [3.8, 4) is 0 Å². The van der Waals surface area contributed by atoms with Crippen molar-refractivity contribution in [3.63, 3.8) is 0 Å². The van der Waals surface area contributed by atoms with Crippen molar-refractivity contribution in [1.82, 2.24) is 0 Å². The summed E-state index contributed by atoms with van der Waals surface area (Å²) in [6.45, 7) is 4.06. The van der Waals surface area contributed by atoms with Crippen LogP contribution in [0.5, 0.6) is 0 Å². The van der Waals surface area contributed by atoms with E-state index in [1.54, 1.807) is 0 Å². The molecule has 0 aliphatic rings. The van der Waals surface area contributed by atoms with E-state index in [1.165, 1.54) is 6.92 Å². The van der Waals surface area contributed by atoms with Crippen molar-refractivity contribution in [2.24, 2.45) is 0 Å². The molecule has 2 nitrogen and oxygen atoms in total. The zero-order valence-electron chi connectivity index (χ0n) is 6.44. The molecule has 1 radical (unpaired) electrons. The van der Waals surface area contributed by atoms with Gasteiger partial charge in [-0.15, -0.1) is 0 Å². The molecule has 3 heteroatoms. The van der Waals surface area contributed by atoms with Gasteiger partial charge in [0, 0.05) is 58.3 Å². The average molecular weight is 155 g/mol. The van der Waals surface area contributed by atoms with Gasteiger partial charge in [0.1, 0.15) is 0 Å². The first-order valence-corrected chi connectivity index (χ1v) is 2.90. The Balaban J connectivity index is 0. The molecule has 9 heavy (non-hydrogen) atoms. The molecule has 0 aromatic heterocycles. The number of carbonyl (C=O) groups excluding carboxylic acids is 1. The fraction of sp³-hybridized carbons (Fsp3) is 0.833. The normalized spacial score (nSPS) is 7.78. The Kier molecular flexibility index (Phi) is 12.9. The van der Waals surface area contributed by atoms with E-state index in [9.17, 15) is 4.79 Å². The predicted octanol–water partition coefficient (Wildman–Crippen LogP) is 0.969. The van der Waals surface area contributed by atoms with E-state index in [0.29, 0.717) is 6.61 Å². The molecule has 0 aliphatic carbocycles. The van der Waals surface area contributed by atoms with E-state index in [0.717, 1.165) is 12.8 Å². The number of ether oxygens (including phenoxy) is 1. The Morgan fingerprint density at radius 2 is 2.11 bits per heavy atom. The molecule has 0 spiro atoms. The molecular weight excluding hydrogens is 143 g/mol. The number of hydrogen-bond acceptors (Lipinski definition) is 2. The molecule has 0 aromatic carbocycles. The quantitative estimate of drug-likeness (QED) is 0.345. The van der Waals surface area contributed by atoms with Crippen molar-refractivity contribution in [2.75, 3.05) is 6.61 Å². The molecule has 0 bridgehead atoms. The Labute approximate surface area is 98.8 Å². The predicted molar refractivity (Wildman–Crippen MR) is 37.3 cm³/mol. The maximum atomic E-state index is 10.1. The van der Waals surface area contributed by atoms with Gasteiger partial charge in [-0.2, -0.15) is 0 Å². The topological polar surface area (TPSA) is 26.3 Å². The van der Waals surface area contributed by atoms with Crippen LogP contribution in [-0.2, 0) is 9.53 Å². The molecule has 0 saturated heterocycles. The Morgan fingerprint density at radius 1 is 1.56 bits per heavy atom. The summed E-state index contributed by atoms with van der Waals surface area (Å²) < 4.78 is 4.64. The Hall–Kier alpha value is 1.11. The summed E-state index contributed by atoms with van der Waals surface area (Å²) in [7, 11) is 0. The van der Waals surface area contributed by atoms with Crippen molar-refractivity contribution in [2.45, 2.75) is 26.7 Å².